The van der Waals surface area contributed by atoms with Gasteiger partial charge in [-0.3, -0.25) is 4.79 Å². The van der Waals surface area contributed by atoms with Crippen molar-refractivity contribution in [3.05, 3.63) is 63.4 Å². The first-order valence-corrected chi connectivity index (χ1v) is 12.4. The van der Waals surface area contributed by atoms with E-state index < -0.39 is 29.5 Å². The normalized spacial score (nSPS) is 15.0. The number of methoxy groups -OCH3 is 2. The number of nitrogens with one attached hydrogen (secondary N) is 1. The molecule has 1 aliphatic carbocycles. The predicted octanol–water partition coefficient (Wildman–Crippen LogP) is 3.97. The summed E-state index contributed by atoms with van der Waals surface area (Å²) in [5, 5.41) is 6.88. The Hall–Kier alpha value is -4.22. The number of carbonyl (C=O) groups is 1. The molecule has 3 aromatic rings. The van der Waals surface area contributed by atoms with Crippen LogP contribution >= 0.6 is 0 Å². The number of carbonyl (C=O) groups excluding carboxylic acids is 1. The molecule has 1 amide bonds. The number of alkyl halides is 3. The maximum Gasteiger partial charge on any atom is 0.418 e. The Labute approximate surface area is 222 Å². The topological polar surface area (TPSA) is 94.9 Å². The Bertz CT molecular complexity index is 1460. The third kappa shape index (κ3) is 4.98. The molecule has 1 aromatic heterocycles. The molecule has 0 unspecified atom stereocenters. The van der Waals surface area contributed by atoms with Crippen LogP contribution in [0.1, 0.15) is 23.1 Å². The van der Waals surface area contributed by atoms with Crippen LogP contribution in [-0.2, 0) is 23.8 Å². The van der Waals surface area contributed by atoms with Gasteiger partial charge in [-0.15, -0.1) is 0 Å². The summed E-state index contributed by atoms with van der Waals surface area (Å²) in [4.78, 5) is 26.8. The molecule has 2 aliphatic rings. The standard InChI is InChI=1S/C27H27F3N4O5/c1-31-26(36)39-19-13-33(14-19)16-7-8-22(27(28,29)30)23(11-16)34-25(35)21-6-4-5-20(21)24(32-34)15-9-17(37-2)12-18(10-15)38-3/h7-12,19H,4-6,13-14H2,1-3H3,(H,31,36). The second kappa shape index (κ2) is 10.2. The third-order valence-electron chi connectivity index (χ3n) is 6.99. The number of alkyl carbamates (subject to hydrolysis) is 1. The molecule has 1 fully saturated rings. The highest BCUT2D eigenvalue weighted by atomic mass is 19.4. The fourth-order valence-electron chi connectivity index (χ4n) is 4.98. The minimum atomic E-state index is -4.73. The molecule has 5 rings (SSSR count). The van der Waals surface area contributed by atoms with E-state index in [0.29, 0.717) is 71.9 Å². The summed E-state index contributed by atoms with van der Waals surface area (Å²) >= 11 is 0. The van der Waals surface area contributed by atoms with Crippen molar-refractivity contribution in [1.82, 2.24) is 15.1 Å². The minimum Gasteiger partial charge on any atom is -0.497 e. The van der Waals surface area contributed by atoms with Gasteiger partial charge in [-0.25, -0.2) is 4.79 Å². The van der Waals surface area contributed by atoms with Crippen LogP contribution in [0.5, 0.6) is 11.5 Å². The number of anilines is 1. The zero-order valence-electron chi connectivity index (χ0n) is 21.6. The Balaban J connectivity index is 1.64. The van der Waals surface area contributed by atoms with Crippen molar-refractivity contribution in [3.8, 4) is 28.4 Å². The number of benzene rings is 2. The highest BCUT2D eigenvalue weighted by Crippen LogP contribution is 2.38. The van der Waals surface area contributed by atoms with Gasteiger partial charge in [-0.05, 0) is 55.2 Å². The molecule has 0 radical (unpaired) electrons. The van der Waals surface area contributed by atoms with Crippen LogP contribution in [0.25, 0.3) is 16.9 Å². The van der Waals surface area contributed by atoms with Crippen LogP contribution in [0.3, 0.4) is 0 Å². The van der Waals surface area contributed by atoms with Crippen molar-refractivity contribution in [2.24, 2.45) is 0 Å². The molecule has 1 aliphatic heterocycles. The van der Waals surface area contributed by atoms with Crippen molar-refractivity contribution in [3.63, 3.8) is 0 Å². The van der Waals surface area contributed by atoms with Gasteiger partial charge in [0, 0.05) is 29.9 Å². The highest BCUT2D eigenvalue weighted by molar-refractivity contribution is 5.70. The van der Waals surface area contributed by atoms with E-state index in [2.05, 4.69) is 10.4 Å². The molecule has 206 valence electrons. The summed E-state index contributed by atoms with van der Waals surface area (Å²) in [6, 6.07) is 8.71. The number of fused-ring (bicyclic) bond motifs is 1. The monoisotopic (exact) mass is 544 g/mol. The summed E-state index contributed by atoms with van der Waals surface area (Å²) in [5.41, 5.74) is 0.664. The second-order valence-electron chi connectivity index (χ2n) is 9.36. The van der Waals surface area contributed by atoms with Crippen LogP contribution in [-0.4, -0.2) is 56.3 Å². The molecule has 39 heavy (non-hydrogen) atoms. The maximum atomic E-state index is 14.2. The summed E-state index contributed by atoms with van der Waals surface area (Å²) < 4.78 is 59.3. The zero-order valence-corrected chi connectivity index (χ0v) is 21.6. The van der Waals surface area contributed by atoms with E-state index in [4.69, 9.17) is 14.2 Å². The molecule has 1 saturated heterocycles. The van der Waals surface area contributed by atoms with Gasteiger partial charge in [-0.1, -0.05) is 0 Å². The summed E-state index contributed by atoms with van der Waals surface area (Å²) in [6.45, 7) is 0.610. The van der Waals surface area contributed by atoms with Crippen molar-refractivity contribution in [1.29, 1.82) is 0 Å². The van der Waals surface area contributed by atoms with E-state index in [9.17, 15) is 22.8 Å². The van der Waals surface area contributed by atoms with E-state index in [1.165, 1.54) is 33.4 Å². The molecule has 0 spiro atoms. The van der Waals surface area contributed by atoms with Crippen molar-refractivity contribution in [2.75, 3.05) is 39.3 Å². The molecule has 0 saturated carbocycles. The number of hydrogen-bond acceptors (Lipinski definition) is 7. The molecule has 0 bridgehead atoms. The molecule has 0 atom stereocenters. The number of hydrogen-bond donors (Lipinski definition) is 1. The number of halogens is 3. The maximum absolute atomic E-state index is 14.2. The quantitative estimate of drug-likeness (QED) is 0.502. The fraction of sp³-hybridized carbons (Fsp3) is 0.370. The largest absolute Gasteiger partial charge is 0.497 e. The van der Waals surface area contributed by atoms with E-state index in [1.807, 2.05) is 0 Å². The van der Waals surface area contributed by atoms with Crippen LogP contribution in [0, 0.1) is 0 Å². The number of amides is 1. The lowest BCUT2D eigenvalue weighted by Gasteiger charge is -2.40. The molecular formula is C27H27F3N4O5. The van der Waals surface area contributed by atoms with E-state index in [0.717, 1.165) is 10.7 Å². The van der Waals surface area contributed by atoms with E-state index >= 15 is 0 Å². The van der Waals surface area contributed by atoms with Crippen molar-refractivity contribution < 1.29 is 32.2 Å². The molecule has 9 nitrogen and oxygen atoms in total. The predicted molar refractivity (Wildman–Crippen MR) is 137 cm³/mol. The molecule has 2 heterocycles. The Morgan fingerprint density at radius 1 is 1.03 bits per heavy atom. The van der Waals surface area contributed by atoms with E-state index in [-0.39, 0.29) is 5.69 Å². The molecule has 2 aromatic carbocycles. The third-order valence-corrected chi connectivity index (χ3v) is 6.99. The van der Waals surface area contributed by atoms with Crippen LogP contribution < -0.4 is 25.2 Å². The first kappa shape index (κ1) is 26.4. The van der Waals surface area contributed by atoms with Gasteiger partial charge >= 0.3 is 12.3 Å². The summed E-state index contributed by atoms with van der Waals surface area (Å²) in [5.74, 6) is 0.972. The van der Waals surface area contributed by atoms with Gasteiger partial charge in [0.05, 0.1) is 44.3 Å². The summed E-state index contributed by atoms with van der Waals surface area (Å²) in [7, 11) is 4.44. The fourth-order valence-corrected chi connectivity index (χ4v) is 4.98. The second-order valence-corrected chi connectivity index (χ2v) is 9.36. The molecule has 1 N–H and O–H groups in total. The van der Waals surface area contributed by atoms with Crippen LogP contribution in [0.15, 0.2) is 41.2 Å². The van der Waals surface area contributed by atoms with Gasteiger partial charge in [-0.2, -0.15) is 23.0 Å². The Morgan fingerprint density at radius 2 is 1.69 bits per heavy atom. The smallest absolute Gasteiger partial charge is 0.418 e. The first-order chi connectivity index (χ1) is 18.6. The average molecular weight is 545 g/mol. The lowest BCUT2D eigenvalue weighted by molar-refractivity contribution is -0.137. The van der Waals surface area contributed by atoms with Crippen LogP contribution in [0.4, 0.5) is 23.7 Å². The number of ether oxygens (including phenoxy) is 3. The molecule has 12 heteroatoms. The highest BCUT2D eigenvalue weighted by Gasteiger charge is 2.37. The van der Waals surface area contributed by atoms with Gasteiger partial charge in [0.15, 0.2) is 0 Å². The lowest BCUT2D eigenvalue weighted by atomic mass is 10.0. The summed E-state index contributed by atoms with van der Waals surface area (Å²) in [6.07, 6.45) is -3.99. The Kier molecular flexibility index (Phi) is 6.87. The van der Waals surface area contributed by atoms with Crippen molar-refractivity contribution in [2.45, 2.75) is 31.5 Å². The van der Waals surface area contributed by atoms with Gasteiger partial charge in [0.1, 0.15) is 17.6 Å². The number of nitrogens with zero attached hydrogens (tertiary/aromatic N) is 3. The first-order valence-electron chi connectivity index (χ1n) is 12.4. The van der Waals surface area contributed by atoms with Gasteiger partial charge < -0.3 is 24.4 Å². The zero-order chi connectivity index (χ0) is 27.9. The van der Waals surface area contributed by atoms with Gasteiger partial charge in [0.25, 0.3) is 5.56 Å². The van der Waals surface area contributed by atoms with Crippen molar-refractivity contribution >= 4 is 11.8 Å². The number of aromatic nitrogens is 2. The average Bonchev–Trinajstić information content (AvgIpc) is 3.40. The van der Waals surface area contributed by atoms with Crippen LogP contribution in [0.2, 0.25) is 0 Å². The number of rotatable bonds is 6. The van der Waals surface area contributed by atoms with Gasteiger partial charge in [0.2, 0.25) is 0 Å². The SMILES string of the molecule is CNC(=O)OC1CN(c2ccc(C(F)(F)F)c(-n3nc(-c4cc(OC)cc(OC)c4)c4c(c3=O)CCC4)c2)C1. The molecular weight excluding hydrogens is 517 g/mol. The lowest BCUT2D eigenvalue weighted by Crippen LogP contribution is -2.53. The Morgan fingerprint density at radius 3 is 2.31 bits per heavy atom. The van der Waals surface area contributed by atoms with E-state index in [1.54, 1.807) is 23.1 Å². The minimum absolute atomic E-state index is 0.305.